The summed E-state index contributed by atoms with van der Waals surface area (Å²) in [5, 5.41) is 0. The first-order chi connectivity index (χ1) is 6.43. The van der Waals surface area contributed by atoms with Crippen molar-refractivity contribution < 1.29 is 16.5 Å². The molecule has 0 amide bonds. The van der Waals surface area contributed by atoms with Gasteiger partial charge in [-0.15, -0.1) is 0 Å². The van der Waals surface area contributed by atoms with E-state index in [1.807, 2.05) is 0 Å². The number of hydrogen-bond donors (Lipinski definition) is 0. The molecule has 1 saturated heterocycles. The summed E-state index contributed by atoms with van der Waals surface area (Å²) in [5.74, 6) is 0. The lowest BCUT2D eigenvalue weighted by Gasteiger charge is -2.20. The minimum Gasteiger partial charge on any atom is -0.425 e. The average Bonchev–Trinajstić information content (AvgIpc) is 2.08. The van der Waals surface area contributed by atoms with E-state index in [-0.39, 0.29) is 0 Å². The number of unbranched alkanes of at least 4 members (excludes halogenated alkanes) is 2. The molecule has 0 N–H and O–H groups in total. The van der Waals surface area contributed by atoms with Crippen molar-refractivity contribution in [1.82, 2.24) is 0 Å². The molecule has 8 heteroatoms. The molecule has 78 valence electrons. The molecule has 1 aliphatic rings. The molecular formula is C5H18O4Si4. The highest BCUT2D eigenvalue weighted by Gasteiger charge is 2.14. The first kappa shape index (κ1) is 11.8. The summed E-state index contributed by atoms with van der Waals surface area (Å²) < 4.78 is 22.0. The van der Waals surface area contributed by atoms with Crippen LogP contribution in [0.5, 0.6) is 0 Å². The number of hydrogen-bond acceptors (Lipinski definition) is 4. The third kappa shape index (κ3) is 5.91. The zero-order chi connectivity index (χ0) is 9.36. The molecule has 0 unspecified atom stereocenters. The van der Waals surface area contributed by atoms with Crippen molar-refractivity contribution >= 4 is 39.3 Å². The van der Waals surface area contributed by atoms with Crippen molar-refractivity contribution in [3.05, 3.63) is 0 Å². The van der Waals surface area contributed by atoms with Gasteiger partial charge in [-0.25, -0.2) is 0 Å². The predicted molar refractivity (Wildman–Crippen MR) is 61.5 cm³/mol. The van der Waals surface area contributed by atoms with Crippen molar-refractivity contribution in [1.29, 1.82) is 0 Å². The second-order valence-electron chi connectivity index (χ2n) is 3.02. The minimum absolute atomic E-state index is 0.699. The van der Waals surface area contributed by atoms with Crippen LogP contribution < -0.4 is 0 Å². The summed E-state index contributed by atoms with van der Waals surface area (Å²) in [6.07, 6.45) is 3.79. The Bertz CT molecular complexity index is 119. The van der Waals surface area contributed by atoms with Crippen molar-refractivity contribution in [3.63, 3.8) is 0 Å². The standard InChI is InChI=1S/C5H18O4Si4/c1-2-3-4-5-13-8-11-6-10-7-12-9-13/h13H,2-5,10-12H2,1H3. The summed E-state index contributed by atoms with van der Waals surface area (Å²) >= 11 is 0. The second kappa shape index (κ2) is 8.05. The highest BCUT2D eigenvalue weighted by molar-refractivity contribution is 6.59. The molecule has 1 fully saturated rings. The fraction of sp³-hybridized carbons (Fsp3) is 1.00. The summed E-state index contributed by atoms with van der Waals surface area (Å²) in [7, 11) is -3.50. The van der Waals surface area contributed by atoms with E-state index in [1.165, 1.54) is 19.3 Å². The van der Waals surface area contributed by atoms with Crippen LogP contribution in [-0.2, 0) is 16.5 Å². The van der Waals surface area contributed by atoms with Crippen LogP contribution in [0.2, 0.25) is 6.04 Å². The minimum atomic E-state index is -1.34. The van der Waals surface area contributed by atoms with Crippen molar-refractivity contribution in [2.75, 3.05) is 0 Å². The summed E-state index contributed by atoms with van der Waals surface area (Å²) in [6, 6.07) is 1.14. The molecule has 0 bridgehead atoms. The zero-order valence-corrected chi connectivity index (χ0v) is 13.6. The lowest BCUT2D eigenvalue weighted by atomic mass is 10.3. The highest BCUT2D eigenvalue weighted by Crippen LogP contribution is 2.06. The van der Waals surface area contributed by atoms with Gasteiger partial charge in [-0.05, 0) is 6.04 Å². The van der Waals surface area contributed by atoms with Gasteiger partial charge in [0.1, 0.15) is 0 Å². The predicted octanol–water partition coefficient (Wildman–Crippen LogP) is -1.53. The van der Waals surface area contributed by atoms with Gasteiger partial charge in [0.05, 0.1) is 0 Å². The Hall–Kier alpha value is 0.708. The molecule has 1 rings (SSSR count). The summed E-state index contributed by atoms with van der Waals surface area (Å²) in [6.45, 7) is 2.21. The van der Waals surface area contributed by atoms with Crippen molar-refractivity contribution in [2.24, 2.45) is 0 Å². The largest absolute Gasteiger partial charge is 0.425 e. The van der Waals surface area contributed by atoms with Crippen LogP contribution in [-0.4, -0.2) is 39.3 Å². The van der Waals surface area contributed by atoms with Gasteiger partial charge in [0.2, 0.25) is 0 Å². The van der Waals surface area contributed by atoms with Gasteiger partial charge in [-0.1, -0.05) is 26.2 Å². The van der Waals surface area contributed by atoms with E-state index in [2.05, 4.69) is 6.92 Å². The molecule has 0 radical (unpaired) electrons. The Morgan fingerprint density at radius 3 is 2.31 bits per heavy atom. The first-order valence-electron chi connectivity index (χ1n) is 4.82. The van der Waals surface area contributed by atoms with Crippen LogP contribution in [0.15, 0.2) is 0 Å². The highest BCUT2D eigenvalue weighted by atomic mass is 28.4. The van der Waals surface area contributed by atoms with Gasteiger partial charge in [0.15, 0.2) is 0 Å². The molecule has 0 saturated carbocycles. The summed E-state index contributed by atoms with van der Waals surface area (Å²) in [4.78, 5) is 0. The van der Waals surface area contributed by atoms with Crippen LogP contribution in [0.3, 0.4) is 0 Å². The fourth-order valence-electron chi connectivity index (χ4n) is 1.15. The maximum absolute atomic E-state index is 5.65. The van der Waals surface area contributed by atoms with E-state index in [0.29, 0.717) is 0 Å². The number of rotatable bonds is 4. The van der Waals surface area contributed by atoms with E-state index in [4.69, 9.17) is 16.5 Å². The lowest BCUT2D eigenvalue weighted by Crippen LogP contribution is -2.33. The van der Waals surface area contributed by atoms with E-state index in [1.54, 1.807) is 0 Å². The maximum atomic E-state index is 5.65. The van der Waals surface area contributed by atoms with Crippen molar-refractivity contribution in [2.45, 2.75) is 32.2 Å². The van der Waals surface area contributed by atoms with E-state index in [0.717, 1.165) is 6.04 Å². The smallest absolute Gasteiger partial charge is 0.303 e. The van der Waals surface area contributed by atoms with Crippen LogP contribution in [0.25, 0.3) is 0 Å². The molecule has 13 heavy (non-hydrogen) atoms. The van der Waals surface area contributed by atoms with Gasteiger partial charge in [0, 0.05) is 0 Å². The van der Waals surface area contributed by atoms with E-state index < -0.39 is 39.3 Å². The Labute approximate surface area is 88.3 Å². The van der Waals surface area contributed by atoms with Crippen LogP contribution in [0, 0.1) is 0 Å². The molecule has 1 heterocycles. The van der Waals surface area contributed by atoms with Crippen LogP contribution in [0.4, 0.5) is 0 Å². The summed E-state index contributed by atoms with van der Waals surface area (Å²) in [5.41, 5.74) is 0. The Balaban J connectivity index is 2.06. The Morgan fingerprint density at radius 1 is 1.00 bits per heavy atom. The van der Waals surface area contributed by atoms with Gasteiger partial charge in [-0.2, -0.15) is 0 Å². The average molecular weight is 255 g/mol. The van der Waals surface area contributed by atoms with Gasteiger partial charge in [-0.3, -0.25) is 0 Å². The third-order valence-corrected chi connectivity index (χ3v) is 9.49. The fourth-order valence-corrected chi connectivity index (χ4v) is 10.1. The monoisotopic (exact) mass is 254 g/mol. The van der Waals surface area contributed by atoms with E-state index >= 15 is 0 Å². The van der Waals surface area contributed by atoms with Gasteiger partial charge >= 0.3 is 9.28 Å². The topological polar surface area (TPSA) is 36.9 Å². The quantitative estimate of drug-likeness (QED) is 0.451. The van der Waals surface area contributed by atoms with E-state index in [9.17, 15) is 0 Å². The molecule has 0 spiro atoms. The van der Waals surface area contributed by atoms with Crippen LogP contribution in [0.1, 0.15) is 26.2 Å². The second-order valence-corrected chi connectivity index (χ2v) is 11.1. The molecule has 0 atom stereocenters. The molecular weight excluding hydrogens is 236 g/mol. The SMILES string of the molecule is CCCCC[SiH]1O[SiH2]O[SiH2]O[SiH2]O1. The van der Waals surface area contributed by atoms with Crippen molar-refractivity contribution in [3.8, 4) is 0 Å². The Morgan fingerprint density at radius 2 is 1.69 bits per heavy atom. The molecule has 4 nitrogen and oxygen atoms in total. The molecule has 0 aromatic carbocycles. The molecule has 0 aliphatic carbocycles. The van der Waals surface area contributed by atoms with Crippen LogP contribution >= 0.6 is 0 Å². The third-order valence-electron chi connectivity index (χ3n) is 1.88. The molecule has 1 aliphatic heterocycles. The molecule has 0 aromatic rings. The lowest BCUT2D eigenvalue weighted by molar-refractivity contribution is 0.327. The maximum Gasteiger partial charge on any atom is 0.303 e. The molecule has 0 aromatic heterocycles. The Kier molecular flexibility index (Phi) is 7.30. The first-order valence-corrected chi connectivity index (χ1v) is 10.0. The van der Waals surface area contributed by atoms with Gasteiger partial charge < -0.3 is 16.5 Å². The van der Waals surface area contributed by atoms with Gasteiger partial charge in [0.25, 0.3) is 30.0 Å². The normalized spacial score (nSPS) is 30.7. The zero-order valence-electron chi connectivity index (χ0n) is 8.16.